The van der Waals surface area contributed by atoms with Gasteiger partial charge in [-0.05, 0) is 32.7 Å². The van der Waals surface area contributed by atoms with Crippen molar-refractivity contribution in [2.45, 2.75) is 46.2 Å². The van der Waals surface area contributed by atoms with E-state index in [2.05, 4.69) is 43.2 Å². The molecule has 1 amide bonds. The molecule has 0 radical (unpaired) electrons. The number of carbonyl (C=O) groups is 1. The Morgan fingerprint density at radius 3 is 2.59 bits per heavy atom. The molecule has 0 aliphatic carbocycles. The van der Waals surface area contributed by atoms with E-state index in [1.54, 1.807) is 0 Å². The molecule has 0 aromatic carbocycles. The summed E-state index contributed by atoms with van der Waals surface area (Å²) in [6, 6.07) is 1.08. The van der Waals surface area contributed by atoms with E-state index in [-0.39, 0.29) is 5.91 Å². The Balaban J connectivity index is 2.13. The first-order valence-corrected chi connectivity index (χ1v) is 6.73. The van der Waals surface area contributed by atoms with E-state index in [0.29, 0.717) is 24.5 Å². The lowest BCUT2D eigenvalue weighted by Crippen LogP contribution is -2.41. The maximum atomic E-state index is 11.5. The van der Waals surface area contributed by atoms with Crippen LogP contribution in [0.1, 0.15) is 34.1 Å². The van der Waals surface area contributed by atoms with Crippen LogP contribution >= 0.6 is 0 Å². The zero-order valence-corrected chi connectivity index (χ0v) is 11.6. The standard InChI is InChI=1S/C13H27N3O/c1-10(2)7-15-13(17)8-14-12-5-6-16(9-12)11(3)4/h10-12,14H,5-9H2,1-4H3,(H,15,17). The van der Waals surface area contributed by atoms with Crippen molar-refractivity contribution in [1.29, 1.82) is 0 Å². The van der Waals surface area contributed by atoms with Crippen molar-refractivity contribution in [3.05, 3.63) is 0 Å². The Morgan fingerprint density at radius 1 is 1.35 bits per heavy atom. The van der Waals surface area contributed by atoms with E-state index in [0.717, 1.165) is 26.1 Å². The Labute approximate surface area is 105 Å². The number of carbonyl (C=O) groups excluding carboxylic acids is 1. The Hall–Kier alpha value is -0.610. The van der Waals surface area contributed by atoms with Crippen LogP contribution in [0.15, 0.2) is 0 Å². The fourth-order valence-corrected chi connectivity index (χ4v) is 2.04. The number of likely N-dealkylation sites (tertiary alicyclic amines) is 1. The molecule has 0 bridgehead atoms. The lowest BCUT2D eigenvalue weighted by Gasteiger charge is -2.20. The number of amides is 1. The molecule has 1 aliphatic heterocycles. The number of rotatable bonds is 6. The van der Waals surface area contributed by atoms with Crippen molar-refractivity contribution in [1.82, 2.24) is 15.5 Å². The Kier molecular flexibility index (Phi) is 5.92. The predicted molar refractivity (Wildman–Crippen MR) is 71.0 cm³/mol. The Bertz CT molecular complexity index is 241. The molecule has 1 heterocycles. The fourth-order valence-electron chi connectivity index (χ4n) is 2.04. The minimum atomic E-state index is 0.113. The van der Waals surface area contributed by atoms with Gasteiger partial charge in [-0.2, -0.15) is 0 Å². The molecule has 100 valence electrons. The number of nitrogens with zero attached hydrogens (tertiary/aromatic N) is 1. The van der Waals surface area contributed by atoms with Gasteiger partial charge in [-0.25, -0.2) is 0 Å². The van der Waals surface area contributed by atoms with Gasteiger partial charge in [-0.3, -0.25) is 9.69 Å². The van der Waals surface area contributed by atoms with Gasteiger partial charge in [0.25, 0.3) is 0 Å². The summed E-state index contributed by atoms with van der Waals surface area (Å²) < 4.78 is 0. The molecule has 4 heteroatoms. The molecule has 1 atom stereocenters. The Morgan fingerprint density at radius 2 is 2.06 bits per heavy atom. The molecule has 0 saturated carbocycles. The van der Waals surface area contributed by atoms with Crippen LogP contribution in [0.3, 0.4) is 0 Å². The average molecular weight is 241 g/mol. The summed E-state index contributed by atoms with van der Waals surface area (Å²) in [7, 11) is 0. The van der Waals surface area contributed by atoms with Gasteiger partial charge in [0.1, 0.15) is 0 Å². The minimum Gasteiger partial charge on any atom is -0.355 e. The number of hydrogen-bond donors (Lipinski definition) is 2. The first kappa shape index (κ1) is 14.5. The molecule has 0 aromatic rings. The van der Waals surface area contributed by atoms with E-state index in [4.69, 9.17) is 0 Å². The van der Waals surface area contributed by atoms with Crippen LogP contribution in [0, 0.1) is 5.92 Å². The van der Waals surface area contributed by atoms with Crippen molar-refractivity contribution in [3.8, 4) is 0 Å². The highest BCUT2D eigenvalue weighted by atomic mass is 16.1. The number of nitrogens with one attached hydrogen (secondary N) is 2. The van der Waals surface area contributed by atoms with Gasteiger partial charge in [0.15, 0.2) is 0 Å². The minimum absolute atomic E-state index is 0.113. The molecule has 1 aliphatic rings. The van der Waals surface area contributed by atoms with Crippen LogP contribution in [0.25, 0.3) is 0 Å². The van der Waals surface area contributed by atoms with Gasteiger partial charge in [-0.15, -0.1) is 0 Å². The van der Waals surface area contributed by atoms with Gasteiger partial charge in [-0.1, -0.05) is 13.8 Å². The molecule has 1 rings (SSSR count). The van der Waals surface area contributed by atoms with Crippen molar-refractivity contribution >= 4 is 5.91 Å². The summed E-state index contributed by atoms with van der Waals surface area (Å²) in [5.74, 6) is 0.628. The number of hydrogen-bond acceptors (Lipinski definition) is 3. The first-order valence-electron chi connectivity index (χ1n) is 6.73. The summed E-state index contributed by atoms with van der Waals surface area (Å²) >= 11 is 0. The maximum absolute atomic E-state index is 11.5. The zero-order chi connectivity index (χ0) is 12.8. The fraction of sp³-hybridized carbons (Fsp3) is 0.923. The third kappa shape index (κ3) is 5.50. The largest absolute Gasteiger partial charge is 0.355 e. The third-order valence-electron chi connectivity index (χ3n) is 3.21. The monoisotopic (exact) mass is 241 g/mol. The lowest BCUT2D eigenvalue weighted by atomic mass is 10.2. The van der Waals surface area contributed by atoms with Crippen LogP contribution in [-0.2, 0) is 4.79 Å². The van der Waals surface area contributed by atoms with E-state index in [9.17, 15) is 4.79 Å². The molecule has 17 heavy (non-hydrogen) atoms. The molecule has 4 nitrogen and oxygen atoms in total. The molecule has 1 fully saturated rings. The van der Waals surface area contributed by atoms with Crippen LogP contribution in [0.5, 0.6) is 0 Å². The molecule has 0 aromatic heterocycles. The molecular weight excluding hydrogens is 214 g/mol. The summed E-state index contributed by atoms with van der Waals surface area (Å²) in [5.41, 5.74) is 0. The second-order valence-electron chi connectivity index (χ2n) is 5.65. The molecule has 0 spiro atoms. The highest BCUT2D eigenvalue weighted by Crippen LogP contribution is 2.11. The highest BCUT2D eigenvalue weighted by molar-refractivity contribution is 5.77. The molecule has 1 unspecified atom stereocenters. The van der Waals surface area contributed by atoms with Crippen molar-refractivity contribution in [2.75, 3.05) is 26.2 Å². The summed E-state index contributed by atoms with van der Waals surface area (Å²) in [5, 5.41) is 6.26. The molecule has 1 saturated heterocycles. The van der Waals surface area contributed by atoms with Crippen molar-refractivity contribution in [3.63, 3.8) is 0 Å². The smallest absolute Gasteiger partial charge is 0.233 e. The lowest BCUT2D eigenvalue weighted by molar-refractivity contribution is -0.120. The molecular formula is C13H27N3O. The predicted octanol–water partition coefficient (Wildman–Crippen LogP) is 0.831. The molecule has 2 N–H and O–H groups in total. The highest BCUT2D eigenvalue weighted by Gasteiger charge is 2.23. The topological polar surface area (TPSA) is 44.4 Å². The van der Waals surface area contributed by atoms with E-state index < -0.39 is 0 Å². The van der Waals surface area contributed by atoms with Crippen LogP contribution < -0.4 is 10.6 Å². The second-order valence-corrected chi connectivity index (χ2v) is 5.65. The quantitative estimate of drug-likeness (QED) is 0.724. The summed E-state index contributed by atoms with van der Waals surface area (Å²) in [6.45, 7) is 12.1. The van der Waals surface area contributed by atoms with Crippen LogP contribution in [0.4, 0.5) is 0 Å². The van der Waals surface area contributed by atoms with Gasteiger partial charge in [0.05, 0.1) is 6.54 Å². The summed E-state index contributed by atoms with van der Waals surface area (Å²) in [6.07, 6.45) is 1.15. The second kappa shape index (κ2) is 6.97. The van der Waals surface area contributed by atoms with Crippen LogP contribution in [-0.4, -0.2) is 49.1 Å². The first-order chi connectivity index (χ1) is 7.99. The van der Waals surface area contributed by atoms with E-state index in [1.807, 2.05) is 0 Å². The van der Waals surface area contributed by atoms with Crippen LogP contribution in [0.2, 0.25) is 0 Å². The van der Waals surface area contributed by atoms with E-state index in [1.165, 1.54) is 0 Å². The normalized spacial score (nSPS) is 21.4. The van der Waals surface area contributed by atoms with Gasteiger partial charge in [0.2, 0.25) is 5.91 Å². The van der Waals surface area contributed by atoms with Crippen molar-refractivity contribution < 1.29 is 4.79 Å². The van der Waals surface area contributed by atoms with Crippen molar-refractivity contribution in [2.24, 2.45) is 5.92 Å². The summed E-state index contributed by atoms with van der Waals surface area (Å²) in [4.78, 5) is 14.0. The van der Waals surface area contributed by atoms with Gasteiger partial charge < -0.3 is 10.6 Å². The average Bonchev–Trinajstić information content (AvgIpc) is 2.72. The van der Waals surface area contributed by atoms with Gasteiger partial charge >= 0.3 is 0 Å². The van der Waals surface area contributed by atoms with E-state index >= 15 is 0 Å². The SMILES string of the molecule is CC(C)CNC(=O)CNC1CCN(C(C)C)C1. The third-order valence-corrected chi connectivity index (χ3v) is 3.21. The zero-order valence-electron chi connectivity index (χ0n) is 11.6. The maximum Gasteiger partial charge on any atom is 0.233 e. The van der Waals surface area contributed by atoms with Gasteiger partial charge in [0, 0.05) is 25.2 Å².